The van der Waals surface area contributed by atoms with E-state index in [-0.39, 0.29) is 6.01 Å². The van der Waals surface area contributed by atoms with Crippen LogP contribution in [0, 0.1) is 21.7 Å². The quantitative estimate of drug-likeness (QED) is 0.637. The Kier molecular flexibility index (Phi) is 3.65. The van der Waals surface area contributed by atoms with Gasteiger partial charge in [-0.3, -0.25) is 10.1 Å². The van der Waals surface area contributed by atoms with Crippen LogP contribution in [0.5, 0.6) is 11.8 Å². The normalized spacial score (nSPS) is 10.3. The van der Waals surface area contributed by atoms with Crippen molar-refractivity contribution in [2.45, 2.75) is 0 Å². The summed E-state index contributed by atoms with van der Waals surface area (Å²) in [6.07, 6.45) is 2.70. The maximum atomic E-state index is 13.5. The van der Waals surface area contributed by atoms with E-state index in [1.807, 2.05) is 0 Å². The van der Waals surface area contributed by atoms with Gasteiger partial charge >= 0.3 is 11.7 Å². The number of aromatic nitrogens is 2. The number of ether oxygens (including phenoxy) is 1. The van der Waals surface area contributed by atoms with Gasteiger partial charge in [-0.05, 0) is 15.9 Å². The number of benzene rings is 1. The summed E-state index contributed by atoms with van der Waals surface area (Å²) >= 11 is 3.09. The molecule has 0 fully saturated rings. The summed E-state index contributed by atoms with van der Waals surface area (Å²) in [6.45, 7) is 0. The summed E-state index contributed by atoms with van der Waals surface area (Å²) in [4.78, 5) is 16.8. The van der Waals surface area contributed by atoms with E-state index in [1.165, 1.54) is 12.4 Å². The van der Waals surface area contributed by atoms with Gasteiger partial charge in [0.2, 0.25) is 5.82 Å². The van der Waals surface area contributed by atoms with E-state index in [0.717, 1.165) is 0 Å². The van der Waals surface area contributed by atoms with Crippen molar-refractivity contribution in [2.75, 3.05) is 0 Å². The average Bonchev–Trinajstić information content (AvgIpc) is 2.35. The number of hydrogen-bond acceptors (Lipinski definition) is 5. The van der Waals surface area contributed by atoms with Crippen molar-refractivity contribution in [3.05, 3.63) is 50.7 Å². The van der Waals surface area contributed by atoms with Crippen molar-refractivity contribution in [1.29, 1.82) is 0 Å². The Labute approximate surface area is 113 Å². The van der Waals surface area contributed by atoms with Crippen LogP contribution in [-0.2, 0) is 0 Å². The van der Waals surface area contributed by atoms with E-state index in [2.05, 4.69) is 25.9 Å². The molecule has 0 unspecified atom stereocenters. The van der Waals surface area contributed by atoms with Gasteiger partial charge < -0.3 is 4.74 Å². The lowest BCUT2D eigenvalue weighted by atomic mass is 10.3. The fourth-order valence-electron chi connectivity index (χ4n) is 1.19. The van der Waals surface area contributed by atoms with Gasteiger partial charge in [-0.2, -0.15) is 4.39 Å². The number of rotatable bonds is 3. The molecule has 0 N–H and O–H groups in total. The van der Waals surface area contributed by atoms with Gasteiger partial charge in [0, 0.05) is 18.5 Å². The molecule has 0 saturated carbocycles. The van der Waals surface area contributed by atoms with Gasteiger partial charge in [0.05, 0.1) is 15.5 Å². The number of nitrogens with zero attached hydrogens (tertiary/aromatic N) is 3. The van der Waals surface area contributed by atoms with Crippen LogP contribution >= 0.6 is 15.9 Å². The first kappa shape index (κ1) is 13.3. The maximum Gasteiger partial charge on any atom is 0.322 e. The summed E-state index contributed by atoms with van der Waals surface area (Å²) in [5, 5.41) is 10.4. The molecule has 0 aliphatic carbocycles. The Morgan fingerprint density at radius 3 is 2.42 bits per heavy atom. The summed E-state index contributed by atoms with van der Waals surface area (Å²) in [5.41, 5.74) is -0.971. The summed E-state index contributed by atoms with van der Waals surface area (Å²) < 4.78 is 32.3. The zero-order chi connectivity index (χ0) is 14.0. The lowest BCUT2D eigenvalue weighted by Crippen LogP contribution is -1.98. The zero-order valence-corrected chi connectivity index (χ0v) is 10.6. The number of nitro benzene ring substituents is 1. The van der Waals surface area contributed by atoms with Crippen LogP contribution in [-0.4, -0.2) is 14.9 Å². The summed E-state index contributed by atoms with van der Waals surface area (Å²) in [5.74, 6) is -2.83. The second-order valence-electron chi connectivity index (χ2n) is 3.28. The van der Waals surface area contributed by atoms with Crippen LogP contribution in [0.2, 0.25) is 0 Å². The molecule has 0 saturated heterocycles. The van der Waals surface area contributed by atoms with Crippen molar-refractivity contribution in [3.63, 3.8) is 0 Å². The highest BCUT2D eigenvalue weighted by Gasteiger charge is 2.20. The Morgan fingerprint density at radius 1 is 1.21 bits per heavy atom. The van der Waals surface area contributed by atoms with Gasteiger partial charge in [-0.15, -0.1) is 0 Å². The van der Waals surface area contributed by atoms with E-state index in [9.17, 15) is 18.9 Å². The summed E-state index contributed by atoms with van der Waals surface area (Å²) in [7, 11) is 0. The SMILES string of the molecule is O=[N+]([O-])c1cc(F)c(Oc2ncc(Br)cn2)cc1F. The van der Waals surface area contributed by atoms with E-state index in [1.54, 1.807) is 0 Å². The Balaban J connectivity index is 2.33. The molecule has 0 aliphatic heterocycles. The highest BCUT2D eigenvalue weighted by atomic mass is 79.9. The van der Waals surface area contributed by atoms with E-state index in [0.29, 0.717) is 16.6 Å². The van der Waals surface area contributed by atoms with Crippen molar-refractivity contribution in [1.82, 2.24) is 9.97 Å². The Bertz CT molecular complexity index is 637. The molecule has 0 bridgehead atoms. The molecule has 1 aromatic carbocycles. The number of halogens is 3. The molecule has 1 heterocycles. The largest absolute Gasteiger partial charge is 0.421 e. The smallest absolute Gasteiger partial charge is 0.322 e. The van der Waals surface area contributed by atoms with Gasteiger partial charge in [-0.25, -0.2) is 14.4 Å². The van der Waals surface area contributed by atoms with Crippen LogP contribution in [0.3, 0.4) is 0 Å². The molecule has 19 heavy (non-hydrogen) atoms. The van der Waals surface area contributed by atoms with Gasteiger partial charge in [0.15, 0.2) is 11.6 Å². The third kappa shape index (κ3) is 2.99. The van der Waals surface area contributed by atoms with Crippen LogP contribution in [0.4, 0.5) is 14.5 Å². The third-order valence-electron chi connectivity index (χ3n) is 2.00. The third-order valence-corrected chi connectivity index (χ3v) is 2.41. The minimum atomic E-state index is -1.21. The molecule has 98 valence electrons. The predicted octanol–water partition coefficient (Wildman–Crippen LogP) is 3.22. The Hall–Kier alpha value is -2.16. The molecule has 2 rings (SSSR count). The molecule has 0 spiro atoms. The van der Waals surface area contributed by atoms with Gasteiger partial charge in [0.1, 0.15) is 0 Å². The molecule has 0 atom stereocenters. The topological polar surface area (TPSA) is 78.2 Å². The molecule has 2 aromatic rings. The molecule has 9 heteroatoms. The monoisotopic (exact) mass is 331 g/mol. The van der Waals surface area contributed by atoms with Crippen molar-refractivity contribution in [3.8, 4) is 11.8 Å². The van der Waals surface area contributed by atoms with Crippen molar-refractivity contribution < 1.29 is 18.4 Å². The van der Waals surface area contributed by atoms with Crippen molar-refractivity contribution >= 4 is 21.6 Å². The van der Waals surface area contributed by atoms with Crippen LogP contribution in [0.25, 0.3) is 0 Å². The molecular weight excluding hydrogens is 328 g/mol. The highest BCUT2D eigenvalue weighted by Crippen LogP contribution is 2.28. The average molecular weight is 332 g/mol. The number of nitro groups is 1. The van der Waals surface area contributed by atoms with Gasteiger partial charge in [0.25, 0.3) is 0 Å². The second kappa shape index (κ2) is 5.22. The van der Waals surface area contributed by atoms with Crippen LogP contribution < -0.4 is 4.74 Å². The fraction of sp³-hybridized carbons (Fsp3) is 0. The van der Waals surface area contributed by atoms with Crippen LogP contribution in [0.15, 0.2) is 29.0 Å². The van der Waals surface area contributed by atoms with Crippen LogP contribution in [0.1, 0.15) is 0 Å². The van der Waals surface area contributed by atoms with E-state index >= 15 is 0 Å². The molecule has 0 radical (unpaired) electrons. The lowest BCUT2D eigenvalue weighted by Gasteiger charge is -2.05. The second-order valence-corrected chi connectivity index (χ2v) is 4.19. The van der Waals surface area contributed by atoms with E-state index < -0.39 is 28.0 Å². The molecular formula is C10H4BrF2N3O3. The van der Waals surface area contributed by atoms with E-state index in [4.69, 9.17) is 4.74 Å². The minimum absolute atomic E-state index is 0.213. The van der Waals surface area contributed by atoms with Crippen molar-refractivity contribution in [2.24, 2.45) is 0 Å². The lowest BCUT2D eigenvalue weighted by molar-refractivity contribution is -0.387. The summed E-state index contributed by atoms with van der Waals surface area (Å²) in [6, 6.07) is 0.790. The Morgan fingerprint density at radius 2 is 1.84 bits per heavy atom. The standard InChI is InChI=1S/C10H4BrF2N3O3/c11-5-3-14-10(15-4-5)19-9-2-6(12)8(16(17)18)1-7(9)13/h1-4H. The molecule has 0 aliphatic rings. The predicted molar refractivity (Wildman–Crippen MR) is 62.8 cm³/mol. The maximum absolute atomic E-state index is 13.5. The highest BCUT2D eigenvalue weighted by molar-refractivity contribution is 9.10. The molecule has 0 amide bonds. The molecule has 1 aromatic heterocycles. The first-order valence-electron chi connectivity index (χ1n) is 4.76. The first-order chi connectivity index (χ1) is 8.97. The zero-order valence-electron chi connectivity index (χ0n) is 9.01. The fourth-order valence-corrected chi connectivity index (χ4v) is 1.39. The van der Waals surface area contributed by atoms with Gasteiger partial charge in [-0.1, -0.05) is 0 Å². The first-order valence-corrected chi connectivity index (χ1v) is 5.55. The molecule has 6 nitrogen and oxygen atoms in total. The number of hydrogen-bond donors (Lipinski definition) is 0. The minimum Gasteiger partial charge on any atom is -0.421 e.